The van der Waals surface area contributed by atoms with Crippen molar-refractivity contribution in [2.45, 2.75) is 31.7 Å². The van der Waals surface area contributed by atoms with Gasteiger partial charge in [-0.05, 0) is 49.8 Å². The van der Waals surface area contributed by atoms with Crippen LogP contribution in [0, 0.1) is 23.4 Å². The molecule has 0 heterocycles. The van der Waals surface area contributed by atoms with Gasteiger partial charge in [-0.15, -0.1) is 0 Å². The number of aliphatic hydroxyl groups is 1. The van der Waals surface area contributed by atoms with Crippen LogP contribution < -0.4 is 10.6 Å². The van der Waals surface area contributed by atoms with Crippen LogP contribution in [-0.4, -0.2) is 29.8 Å². The van der Waals surface area contributed by atoms with Crippen molar-refractivity contribution in [3.8, 4) is 0 Å². The second kappa shape index (κ2) is 6.56. The molecule has 1 saturated carbocycles. The van der Waals surface area contributed by atoms with Crippen LogP contribution in [0.15, 0.2) is 12.1 Å². The molecule has 22 heavy (non-hydrogen) atoms. The van der Waals surface area contributed by atoms with E-state index in [1.807, 2.05) is 0 Å². The maximum Gasteiger partial charge on any atom is 0.315 e. The average molecular weight is 316 g/mol. The summed E-state index contributed by atoms with van der Waals surface area (Å²) in [5.74, 6) is -3.73. The summed E-state index contributed by atoms with van der Waals surface area (Å²) in [5.41, 5.74) is -0.401. The number of carbonyl (C=O) groups is 1. The monoisotopic (exact) mass is 316 g/mol. The first kappa shape index (κ1) is 16.6. The van der Waals surface area contributed by atoms with Gasteiger partial charge in [-0.1, -0.05) is 0 Å². The zero-order valence-corrected chi connectivity index (χ0v) is 12.3. The highest BCUT2D eigenvalue weighted by Crippen LogP contribution is 2.39. The molecule has 0 aromatic heterocycles. The summed E-state index contributed by atoms with van der Waals surface area (Å²) < 4.78 is 38.9. The van der Waals surface area contributed by atoms with Gasteiger partial charge in [-0.2, -0.15) is 0 Å². The van der Waals surface area contributed by atoms with E-state index in [4.69, 9.17) is 0 Å². The molecule has 3 N–H and O–H groups in total. The number of benzene rings is 1. The van der Waals surface area contributed by atoms with Crippen molar-refractivity contribution in [2.24, 2.45) is 5.92 Å². The van der Waals surface area contributed by atoms with Crippen molar-refractivity contribution in [1.29, 1.82) is 0 Å². The van der Waals surface area contributed by atoms with E-state index in [0.29, 0.717) is 0 Å². The lowest BCUT2D eigenvalue weighted by Gasteiger charge is -2.28. The molecule has 2 amide bonds. The molecule has 4 nitrogen and oxygen atoms in total. The summed E-state index contributed by atoms with van der Waals surface area (Å²) in [4.78, 5) is 11.8. The predicted molar refractivity (Wildman–Crippen MR) is 74.8 cm³/mol. The molecule has 1 aromatic rings. The topological polar surface area (TPSA) is 61.4 Å². The van der Waals surface area contributed by atoms with E-state index in [0.717, 1.165) is 25.0 Å². The van der Waals surface area contributed by atoms with Crippen molar-refractivity contribution in [2.75, 3.05) is 13.2 Å². The fourth-order valence-electron chi connectivity index (χ4n) is 2.37. The van der Waals surface area contributed by atoms with E-state index in [-0.39, 0.29) is 31.1 Å². The number of hydrogen-bond donors (Lipinski definition) is 3. The number of carbonyl (C=O) groups excluding carboxylic acids is 1. The predicted octanol–water partition coefficient (Wildman–Crippen LogP) is 2.11. The molecule has 1 unspecified atom stereocenters. The van der Waals surface area contributed by atoms with Gasteiger partial charge >= 0.3 is 6.03 Å². The number of urea groups is 1. The van der Waals surface area contributed by atoms with E-state index in [9.17, 15) is 23.1 Å². The van der Waals surface area contributed by atoms with Gasteiger partial charge < -0.3 is 15.7 Å². The molecule has 0 saturated heterocycles. The quantitative estimate of drug-likeness (QED) is 0.704. The van der Waals surface area contributed by atoms with Crippen LogP contribution in [0.25, 0.3) is 0 Å². The van der Waals surface area contributed by atoms with E-state index >= 15 is 0 Å². The summed E-state index contributed by atoms with van der Waals surface area (Å²) in [6.07, 6.45) is 2.09. The van der Waals surface area contributed by atoms with Gasteiger partial charge in [0, 0.05) is 6.54 Å². The van der Waals surface area contributed by atoms with Crippen LogP contribution in [-0.2, 0) is 6.42 Å². The van der Waals surface area contributed by atoms with Crippen molar-refractivity contribution in [1.82, 2.24) is 10.6 Å². The molecular weight excluding hydrogens is 297 g/mol. The van der Waals surface area contributed by atoms with Crippen molar-refractivity contribution in [3.63, 3.8) is 0 Å². The summed E-state index contributed by atoms with van der Waals surface area (Å²) in [7, 11) is 0. The third kappa shape index (κ3) is 3.91. The molecule has 122 valence electrons. The molecule has 0 spiro atoms. The maximum absolute atomic E-state index is 13.0. The third-order valence-electron chi connectivity index (χ3n) is 3.95. The number of aliphatic hydroxyl groups excluding tert-OH is 1. The number of amides is 2. The number of nitrogens with one attached hydrogen (secondary N) is 2. The van der Waals surface area contributed by atoms with E-state index in [1.54, 1.807) is 6.92 Å². The zero-order chi connectivity index (χ0) is 16.3. The molecule has 1 atom stereocenters. The summed E-state index contributed by atoms with van der Waals surface area (Å²) in [6, 6.07) is 1.35. The van der Waals surface area contributed by atoms with Crippen molar-refractivity contribution >= 4 is 6.03 Å². The summed E-state index contributed by atoms with van der Waals surface area (Å²) in [5, 5.41) is 14.6. The minimum atomic E-state index is -1.50. The fourth-order valence-corrected chi connectivity index (χ4v) is 2.37. The molecule has 0 radical (unpaired) electrons. The van der Waals surface area contributed by atoms with Crippen LogP contribution in [0.2, 0.25) is 0 Å². The maximum atomic E-state index is 13.0. The summed E-state index contributed by atoms with van der Waals surface area (Å²) >= 11 is 0. The Kier molecular flexibility index (Phi) is 4.95. The average Bonchev–Trinajstić information content (AvgIpc) is 3.29. The normalized spacial score (nSPS) is 17.0. The standard InChI is InChI=1S/C15H19F3N2O2/c1-15(8-21,10-2-3-10)20-14(22)19-5-4-9-6-11(16)13(18)12(17)7-9/h6-7,10,21H,2-5,8H2,1H3,(H2,19,20,22). The lowest BCUT2D eigenvalue weighted by Crippen LogP contribution is -2.54. The van der Waals surface area contributed by atoms with Crippen LogP contribution in [0.1, 0.15) is 25.3 Å². The van der Waals surface area contributed by atoms with Gasteiger partial charge in [-0.3, -0.25) is 0 Å². The molecule has 1 fully saturated rings. The molecule has 0 bridgehead atoms. The first-order valence-electron chi connectivity index (χ1n) is 7.16. The number of halogens is 3. The highest BCUT2D eigenvalue weighted by Gasteiger charge is 2.42. The Labute approximate surface area is 126 Å². The Morgan fingerprint density at radius 3 is 2.41 bits per heavy atom. The van der Waals surface area contributed by atoms with Crippen LogP contribution in [0.4, 0.5) is 18.0 Å². The first-order chi connectivity index (χ1) is 10.4. The van der Waals surface area contributed by atoms with Crippen LogP contribution >= 0.6 is 0 Å². The minimum absolute atomic E-state index is 0.141. The first-order valence-corrected chi connectivity index (χ1v) is 7.16. The number of hydrogen-bond acceptors (Lipinski definition) is 2. The highest BCUT2D eigenvalue weighted by molar-refractivity contribution is 5.74. The third-order valence-corrected chi connectivity index (χ3v) is 3.95. The molecule has 1 aromatic carbocycles. The molecule has 0 aliphatic heterocycles. The zero-order valence-electron chi connectivity index (χ0n) is 12.3. The summed E-state index contributed by atoms with van der Waals surface area (Å²) in [6.45, 7) is 1.76. The fraction of sp³-hybridized carbons (Fsp3) is 0.533. The lowest BCUT2D eigenvalue weighted by atomic mass is 9.97. The van der Waals surface area contributed by atoms with Crippen molar-refractivity contribution < 1.29 is 23.1 Å². The highest BCUT2D eigenvalue weighted by atomic mass is 19.2. The van der Waals surface area contributed by atoms with E-state index in [1.165, 1.54) is 0 Å². The van der Waals surface area contributed by atoms with Gasteiger partial charge in [0.15, 0.2) is 17.5 Å². The van der Waals surface area contributed by atoms with Gasteiger partial charge in [0.05, 0.1) is 12.1 Å². The molecule has 2 rings (SSSR count). The van der Waals surface area contributed by atoms with Crippen LogP contribution in [0.3, 0.4) is 0 Å². The Morgan fingerprint density at radius 2 is 1.91 bits per heavy atom. The minimum Gasteiger partial charge on any atom is -0.394 e. The number of rotatable bonds is 6. The smallest absolute Gasteiger partial charge is 0.315 e. The molecular formula is C15H19F3N2O2. The van der Waals surface area contributed by atoms with E-state index < -0.39 is 29.0 Å². The molecule has 7 heteroatoms. The molecule has 1 aliphatic rings. The largest absolute Gasteiger partial charge is 0.394 e. The lowest BCUT2D eigenvalue weighted by molar-refractivity contribution is 0.155. The Morgan fingerprint density at radius 1 is 1.32 bits per heavy atom. The Hall–Kier alpha value is -1.76. The Bertz CT molecular complexity index is 541. The SMILES string of the molecule is CC(CO)(NC(=O)NCCc1cc(F)c(F)c(F)c1)C1CC1. The second-order valence-corrected chi connectivity index (χ2v) is 5.85. The van der Waals surface area contributed by atoms with Gasteiger partial charge in [0.1, 0.15) is 0 Å². The Balaban J connectivity index is 1.82. The van der Waals surface area contributed by atoms with Crippen molar-refractivity contribution in [3.05, 3.63) is 35.1 Å². The molecule has 1 aliphatic carbocycles. The second-order valence-electron chi connectivity index (χ2n) is 5.85. The van der Waals surface area contributed by atoms with Gasteiger partial charge in [0.25, 0.3) is 0 Å². The van der Waals surface area contributed by atoms with Gasteiger partial charge in [-0.25, -0.2) is 18.0 Å². The van der Waals surface area contributed by atoms with Gasteiger partial charge in [0.2, 0.25) is 0 Å². The van der Waals surface area contributed by atoms with Crippen LogP contribution in [0.5, 0.6) is 0 Å². The van der Waals surface area contributed by atoms with E-state index in [2.05, 4.69) is 10.6 Å².